The van der Waals surface area contributed by atoms with E-state index in [4.69, 9.17) is 30.2 Å². The summed E-state index contributed by atoms with van der Waals surface area (Å²) in [5.74, 6) is 0.405. The minimum Gasteiger partial charge on any atom is -0.493 e. The maximum Gasteiger partial charge on any atom is 0.331 e. The number of methoxy groups -OCH3 is 1. The molecular weight excluding hydrogens is 386 g/mol. The molecule has 0 saturated heterocycles. The first-order valence-electron chi connectivity index (χ1n) is 8.63. The summed E-state index contributed by atoms with van der Waals surface area (Å²) in [6.45, 7) is 3.98. The molecule has 2 rings (SSSR count). The normalized spacial score (nSPS) is 11.9. The van der Waals surface area contributed by atoms with Crippen LogP contribution in [0.25, 0.3) is 6.08 Å². The van der Waals surface area contributed by atoms with Gasteiger partial charge < -0.3 is 23.9 Å². The third-order valence-electron chi connectivity index (χ3n) is 3.63. The number of carbonyl (C=O) groups excluding carboxylic acids is 2. The monoisotopic (exact) mass is 407 g/mol. The van der Waals surface area contributed by atoms with Crippen molar-refractivity contribution in [3.8, 4) is 11.5 Å². The third-order valence-corrected chi connectivity index (χ3v) is 3.91. The second-order valence-corrected chi connectivity index (χ2v) is 6.08. The van der Waals surface area contributed by atoms with Gasteiger partial charge in [0.25, 0.3) is 5.91 Å². The molecule has 7 nitrogen and oxygen atoms in total. The molecule has 1 heterocycles. The fraction of sp³-hybridized carbons (Fsp3) is 0.300. The van der Waals surface area contributed by atoms with E-state index in [1.165, 1.54) is 32.4 Å². The summed E-state index contributed by atoms with van der Waals surface area (Å²) in [5, 5.41) is 2.98. The number of nitrogens with one attached hydrogen (secondary N) is 1. The standard InChI is InChI=1S/C20H22ClNO6/c1-4-26-19-16(21)10-14(11-17(19)25-3)7-8-18(23)28-13(2)20(24)22-12-15-6-5-9-27-15/h5-11,13H,4,12H2,1-3H3,(H,22,24)/b8-7+/t13-/m0/s1. The van der Waals surface area contributed by atoms with Crippen LogP contribution in [0.15, 0.2) is 41.0 Å². The van der Waals surface area contributed by atoms with Gasteiger partial charge in [-0.2, -0.15) is 0 Å². The molecule has 0 unspecified atom stereocenters. The van der Waals surface area contributed by atoms with Crippen molar-refractivity contribution in [1.29, 1.82) is 0 Å². The molecule has 0 aliphatic heterocycles. The highest BCUT2D eigenvalue weighted by molar-refractivity contribution is 6.32. The van der Waals surface area contributed by atoms with E-state index < -0.39 is 18.0 Å². The van der Waals surface area contributed by atoms with Crippen molar-refractivity contribution in [3.63, 3.8) is 0 Å². The molecule has 1 N–H and O–H groups in total. The highest BCUT2D eigenvalue weighted by Gasteiger charge is 2.17. The second kappa shape index (κ2) is 10.4. The number of hydrogen-bond acceptors (Lipinski definition) is 6. The first-order valence-corrected chi connectivity index (χ1v) is 9.01. The van der Waals surface area contributed by atoms with Gasteiger partial charge in [0.15, 0.2) is 17.6 Å². The number of carbonyl (C=O) groups is 2. The number of furan rings is 1. The Balaban J connectivity index is 1.93. The Morgan fingerprint density at radius 1 is 1.36 bits per heavy atom. The van der Waals surface area contributed by atoms with Crippen LogP contribution >= 0.6 is 11.6 Å². The van der Waals surface area contributed by atoms with Crippen molar-refractivity contribution in [2.24, 2.45) is 0 Å². The van der Waals surface area contributed by atoms with Crippen molar-refractivity contribution in [1.82, 2.24) is 5.32 Å². The summed E-state index contributed by atoms with van der Waals surface area (Å²) in [5.41, 5.74) is 0.622. The Morgan fingerprint density at radius 3 is 2.79 bits per heavy atom. The van der Waals surface area contributed by atoms with Crippen molar-refractivity contribution in [3.05, 3.63) is 53.0 Å². The van der Waals surface area contributed by atoms with Gasteiger partial charge in [-0.25, -0.2) is 4.79 Å². The fourth-order valence-electron chi connectivity index (χ4n) is 2.28. The van der Waals surface area contributed by atoms with E-state index in [2.05, 4.69) is 5.32 Å². The largest absolute Gasteiger partial charge is 0.493 e. The molecule has 0 spiro atoms. The first-order chi connectivity index (χ1) is 13.4. The van der Waals surface area contributed by atoms with Gasteiger partial charge in [0.05, 0.1) is 31.5 Å². The zero-order valence-electron chi connectivity index (χ0n) is 15.9. The summed E-state index contributed by atoms with van der Waals surface area (Å²) >= 11 is 6.19. The van der Waals surface area contributed by atoms with Crippen molar-refractivity contribution < 1.29 is 28.2 Å². The molecule has 1 aromatic carbocycles. The SMILES string of the molecule is CCOc1c(Cl)cc(/C=C/C(=O)O[C@@H](C)C(=O)NCc2ccco2)cc1OC. The van der Waals surface area contributed by atoms with Crippen LogP contribution < -0.4 is 14.8 Å². The molecule has 2 aromatic rings. The van der Waals surface area contributed by atoms with Crippen LogP contribution in [0.1, 0.15) is 25.2 Å². The Morgan fingerprint density at radius 2 is 2.14 bits per heavy atom. The Hall–Kier alpha value is -2.93. The van der Waals surface area contributed by atoms with E-state index >= 15 is 0 Å². The molecule has 0 saturated carbocycles. The topological polar surface area (TPSA) is 87.0 Å². The lowest BCUT2D eigenvalue weighted by Gasteiger charge is -2.12. The Kier molecular flexibility index (Phi) is 7.95. The molecule has 8 heteroatoms. The van der Waals surface area contributed by atoms with Crippen LogP contribution in [0.4, 0.5) is 0 Å². The molecule has 0 fully saturated rings. The minimum atomic E-state index is -0.953. The zero-order chi connectivity index (χ0) is 20.5. The van der Waals surface area contributed by atoms with Gasteiger partial charge >= 0.3 is 5.97 Å². The van der Waals surface area contributed by atoms with Gasteiger partial charge in [-0.15, -0.1) is 0 Å². The predicted molar refractivity (Wildman–Crippen MR) is 104 cm³/mol. The lowest BCUT2D eigenvalue weighted by Crippen LogP contribution is -2.35. The highest BCUT2D eigenvalue weighted by Crippen LogP contribution is 2.36. The van der Waals surface area contributed by atoms with E-state index in [0.29, 0.717) is 34.5 Å². The van der Waals surface area contributed by atoms with Gasteiger partial charge in [0, 0.05) is 6.08 Å². The third kappa shape index (κ3) is 6.06. The van der Waals surface area contributed by atoms with E-state index in [1.807, 2.05) is 6.92 Å². The minimum absolute atomic E-state index is 0.216. The average molecular weight is 408 g/mol. The van der Waals surface area contributed by atoms with Crippen LogP contribution in [-0.4, -0.2) is 31.7 Å². The number of halogens is 1. The Labute approximate surface area is 168 Å². The molecule has 0 aliphatic rings. The van der Waals surface area contributed by atoms with Crippen LogP contribution in [-0.2, 0) is 20.9 Å². The second-order valence-electron chi connectivity index (χ2n) is 5.68. The van der Waals surface area contributed by atoms with Crippen LogP contribution in [0.5, 0.6) is 11.5 Å². The summed E-state index contributed by atoms with van der Waals surface area (Å²) in [4.78, 5) is 23.9. The van der Waals surface area contributed by atoms with Crippen molar-refractivity contribution >= 4 is 29.6 Å². The van der Waals surface area contributed by atoms with Crippen LogP contribution in [0.2, 0.25) is 5.02 Å². The molecule has 0 radical (unpaired) electrons. The quantitative estimate of drug-likeness (QED) is 0.504. The van der Waals surface area contributed by atoms with Crippen LogP contribution in [0.3, 0.4) is 0 Å². The molecule has 1 aromatic heterocycles. The number of amides is 1. The van der Waals surface area contributed by atoms with E-state index in [-0.39, 0.29) is 6.54 Å². The fourth-order valence-corrected chi connectivity index (χ4v) is 2.56. The highest BCUT2D eigenvalue weighted by atomic mass is 35.5. The lowest BCUT2D eigenvalue weighted by molar-refractivity contribution is -0.150. The number of esters is 1. The summed E-state index contributed by atoms with van der Waals surface area (Å²) < 4.78 is 20.9. The molecule has 1 atom stereocenters. The number of rotatable bonds is 9. The van der Waals surface area contributed by atoms with Crippen molar-refractivity contribution in [2.75, 3.05) is 13.7 Å². The maximum absolute atomic E-state index is 12.0. The van der Waals surface area contributed by atoms with E-state index in [9.17, 15) is 9.59 Å². The lowest BCUT2D eigenvalue weighted by atomic mass is 10.2. The summed E-state index contributed by atoms with van der Waals surface area (Å²) in [7, 11) is 1.50. The number of benzene rings is 1. The summed E-state index contributed by atoms with van der Waals surface area (Å²) in [6.07, 6.45) is 3.28. The van der Waals surface area contributed by atoms with Gasteiger partial charge in [-0.05, 0) is 49.8 Å². The van der Waals surface area contributed by atoms with E-state index in [0.717, 1.165) is 0 Å². The first kappa shape index (κ1) is 21.4. The molecule has 28 heavy (non-hydrogen) atoms. The zero-order valence-corrected chi connectivity index (χ0v) is 16.6. The number of ether oxygens (including phenoxy) is 3. The maximum atomic E-state index is 12.0. The molecule has 150 valence electrons. The summed E-state index contributed by atoms with van der Waals surface area (Å²) in [6, 6.07) is 6.77. The molecule has 0 aliphatic carbocycles. The van der Waals surface area contributed by atoms with Gasteiger partial charge in [-0.3, -0.25) is 4.79 Å². The van der Waals surface area contributed by atoms with Crippen molar-refractivity contribution in [2.45, 2.75) is 26.5 Å². The van der Waals surface area contributed by atoms with Crippen LogP contribution in [0, 0.1) is 0 Å². The molecule has 1 amide bonds. The number of hydrogen-bond donors (Lipinski definition) is 1. The molecular formula is C20H22ClNO6. The molecule has 0 bridgehead atoms. The predicted octanol–water partition coefficient (Wildman–Crippen LogP) is 3.60. The van der Waals surface area contributed by atoms with E-state index in [1.54, 1.807) is 24.3 Å². The Bertz CT molecular complexity index is 831. The van der Waals surface area contributed by atoms with Gasteiger partial charge in [0.2, 0.25) is 0 Å². The smallest absolute Gasteiger partial charge is 0.331 e. The van der Waals surface area contributed by atoms with Gasteiger partial charge in [0.1, 0.15) is 5.76 Å². The van der Waals surface area contributed by atoms with Gasteiger partial charge in [-0.1, -0.05) is 11.6 Å². The average Bonchev–Trinajstić information content (AvgIpc) is 3.19.